The molecule has 7 nitrogen and oxygen atoms in total. The quantitative estimate of drug-likeness (QED) is 0.711. The number of para-hydroxylation sites is 1. The molecule has 2 heterocycles. The van der Waals surface area contributed by atoms with Crippen LogP contribution in [0.4, 0.5) is 0 Å². The molecule has 0 bridgehead atoms. The lowest BCUT2D eigenvalue weighted by Crippen LogP contribution is -2.49. The van der Waals surface area contributed by atoms with Crippen molar-refractivity contribution in [3.8, 4) is 5.69 Å². The van der Waals surface area contributed by atoms with Gasteiger partial charge in [-0.1, -0.05) is 18.2 Å². The van der Waals surface area contributed by atoms with E-state index >= 15 is 0 Å². The lowest BCUT2D eigenvalue weighted by molar-refractivity contribution is -0.148. The van der Waals surface area contributed by atoms with Gasteiger partial charge in [-0.15, -0.1) is 0 Å². The Labute approximate surface area is 154 Å². The summed E-state index contributed by atoms with van der Waals surface area (Å²) < 4.78 is 25.3. The summed E-state index contributed by atoms with van der Waals surface area (Å²) in [4.78, 5) is 12.7. The molecule has 1 fully saturated rings. The first-order chi connectivity index (χ1) is 12.4. The van der Waals surface area contributed by atoms with E-state index in [-0.39, 0.29) is 23.5 Å². The Morgan fingerprint density at radius 1 is 1.27 bits per heavy atom. The van der Waals surface area contributed by atoms with Gasteiger partial charge in [0.05, 0.1) is 29.4 Å². The van der Waals surface area contributed by atoms with E-state index in [0.29, 0.717) is 19.3 Å². The molecule has 1 atom stereocenters. The molecule has 1 aromatic carbocycles. The number of aromatic nitrogens is 2. The number of hydrogen-bond acceptors (Lipinski definition) is 5. The number of carbonyl (C=O) groups is 1. The summed E-state index contributed by atoms with van der Waals surface area (Å²) >= 11 is 0. The number of nitrogens with zero attached hydrogens (tertiary/aromatic N) is 4. The highest BCUT2D eigenvalue weighted by atomic mass is 32.2. The van der Waals surface area contributed by atoms with E-state index in [0.717, 1.165) is 11.3 Å². The molecular weight excluding hydrogens is 352 g/mol. The van der Waals surface area contributed by atoms with Gasteiger partial charge in [0.2, 0.25) is 5.91 Å². The predicted molar refractivity (Wildman–Crippen MR) is 99.5 cm³/mol. The Morgan fingerprint density at radius 3 is 2.62 bits per heavy atom. The fourth-order valence-electron chi connectivity index (χ4n) is 3.30. The van der Waals surface area contributed by atoms with E-state index in [2.05, 4.69) is 5.10 Å². The van der Waals surface area contributed by atoms with Crippen LogP contribution in [0.15, 0.2) is 42.7 Å². The number of carbonyl (C=O) groups excluding carboxylic acids is 1. The van der Waals surface area contributed by atoms with Crippen molar-refractivity contribution in [1.82, 2.24) is 19.8 Å². The van der Waals surface area contributed by atoms with Crippen molar-refractivity contribution in [3.05, 3.63) is 48.3 Å². The summed E-state index contributed by atoms with van der Waals surface area (Å²) in [5.74, 6) is 0.131. The zero-order valence-corrected chi connectivity index (χ0v) is 15.9. The molecule has 1 unspecified atom stereocenters. The van der Waals surface area contributed by atoms with Crippen LogP contribution >= 0.6 is 0 Å². The highest BCUT2D eigenvalue weighted by molar-refractivity contribution is 7.91. The van der Waals surface area contributed by atoms with Crippen molar-refractivity contribution in [3.63, 3.8) is 0 Å². The zero-order chi connectivity index (χ0) is 18.7. The molecule has 1 saturated heterocycles. The smallest absolute Gasteiger partial charge is 0.237 e. The van der Waals surface area contributed by atoms with E-state index in [1.807, 2.05) is 36.5 Å². The number of amides is 1. The van der Waals surface area contributed by atoms with Gasteiger partial charge >= 0.3 is 0 Å². The molecule has 3 rings (SSSR count). The maximum absolute atomic E-state index is 12.7. The van der Waals surface area contributed by atoms with Crippen molar-refractivity contribution in [2.75, 3.05) is 25.6 Å². The number of hydrazine groups is 1. The summed E-state index contributed by atoms with van der Waals surface area (Å²) in [7, 11) is 0.512. The summed E-state index contributed by atoms with van der Waals surface area (Å²) in [5, 5.41) is 7.63. The largest absolute Gasteiger partial charge is 0.273 e. The Hall–Kier alpha value is -2.19. The van der Waals surface area contributed by atoms with Gasteiger partial charge in [0, 0.05) is 26.7 Å². The fourth-order valence-corrected chi connectivity index (χ4v) is 4.99. The van der Waals surface area contributed by atoms with E-state index in [1.165, 1.54) is 0 Å². The molecule has 0 saturated carbocycles. The van der Waals surface area contributed by atoms with E-state index in [4.69, 9.17) is 0 Å². The summed E-state index contributed by atoms with van der Waals surface area (Å²) in [6.45, 7) is 0. The van der Waals surface area contributed by atoms with Crippen LogP contribution in [0.3, 0.4) is 0 Å². The highest BCUT2D eigenvalue weighted by Gasteiger charge is 2.35. The van der Waals surface area contributed by atoms with Gasteiger partial charge in [0.1, 0.15) is 0 Å². The molecule has 8 heteroatoms. The highest BCUT2D eigenvalue weighted by Crippen LogP contribution is 2.20. The van der Waals surface area contributed by atoms with Gasteiger partial charge in [-0.25, -0.2) is 18.1 Å². The zero-order valence-electron chi connectivity index (χ0n) is 15.1. The SMILES string of the molecule is CN(C)N(C(=O)CCc1cnn(-c2ccccc2)c1)C1CCS(=O)(=O)C1. The molecule has 26 heavy (non-hydrogen) atoms. The third-order valence-electron chi connectivity index (χ3n) is 4.53. The van der Waals surface area contributed by atoms with Crippen LogP contribution < -0.4 is 0 Å². The molecule has 140 valence electrons. The maximum atomic E-state index is 12.7. The van der Waals surface area contributed by atoms with Crippen molar-refractivity contribution in [1.29, 1.82) is 0 Å². The third kappa shape index (κ3) is 4.31. The van der Waals surface area contributed by atoms with Gasteiger partial charge in [-0.2, -0.15) is 5.10 Å². The Morgan fingerprint density at radius 2 is 2.00 bits per heavy atom. The van der Waals surface area contributed by atoms with Crippen molar-refractivity contribution >= 4 is 15.7 Å². The van der Waals surface area contributed by atoms with Gasteiger partial charge < -0.3 is 0 Å². The molecule has 1 aromatic heterocycles. The third-order valence-corrected chi connectivity index (χ3v) is 6.28. The van der Waals surface area contributed by atoms with Gasteiger partial charge in [0.15, 0.2) is 9.84 Å². The predicted octanol–water partition coefficient (Wildman–Crippen LogP) is 1.30. The average molecular weight is 376 g/mol. The Balaban J connectivity index is 1.63. The lowest BCUT2D eigenvalue weighted by Gasteiger charge is -2.33. The van der Waals surface area contributed by atoms with Gasteiger partial charge in [0.25, 0.3) is 0 Å². The first-order valence-electron chi connectivity index (χ1n) is 8.64. The maximum Gasteiger partial charge on any atom is 0.237 e. The molecule has 1 amide bonds. The van der Waals surface area contributed by atoms with E-state index in [1.54, 1.807) is 35.0 Å². The Bertz CT molecular complexity index is 862. The van der Waals surface area contributed by atoms with Crippen molar-refractivity contribution < 1.29 is 13.2 Å². The number of sulfone groups is 1. The van der Waals surface area contributed by atoms with Crippen LogP contribution in [0.5, 0.6) is 0 Å². The first-order valence-corrected chi connectivity index (χ1v) is 10.5. The second-order valence-electron chi connectivity index (χ2n) is 6.77. The molecule has 1 aliphatic heterocycles. The summed E-state index contributed by atoms with van der Waals surface area (Å²) in [6.07, 6.45) is 5.06. The van der Waals surface area contributed by atoms with Crippen LogP contribution in [0.2, 0.25) is 0 Å². The van der Waals surface area contributed by atoms with Crippen LogP contribution in [-0.4, -0.2) is 65.8 Å². The molecular formula is C18H24N4O3S. The molecule has 1 aliphatic rings. The topological polar surface area (TPSA) is 75.5 Å². The summed E-state index contributed by atoms with van der Waals surface area (Å²) in [5.41, 5.74) is 1.94. The number of rotatable bonds is 6. The first kappa shape index (κ1) is 18.6. The minimum atomic E-state index is -3.04. The second-order valence-corrected chi connectivity index (χ2v) is 9.00. The standard InChI is InChI=1S/C18H24N4O3S/c1-20(2)22(17-10-11-26(24,25)14-17)18(23)9-8-15-12-19-21(13-15)16-6-4-3-5-7-16/h3-7,12-13,17H,8-11,14H2,1-2H3. The molecule has 0 aliphatic carbocycles. The van der Waals surface area contributed by atoms with Gasteiger partial charge in [-0.05, 0) is 30.5 Å². The van der Waals surface area contributed by atoms with Crippen molar-refractivity contribution in [2.45, 2.75) is 25.3 Å². The van der Waals surface area contributed by atoms with E-state index < -0.39 is 9.84 Å². The van der Waals surface area contributed by atoms with Gasteiger partial charge in [-0.3, -0.25) is 9.80 Å². The lowest BCUT2D eigenvalue weighted by atomic mass is 10.1. The van der Waals surface area contributed by atoms with Crippen LogP contribution in [0, 0.1) is 0 Å². The average Bonchev–Trinajstić information content (AvgIpc) is 3.20. The monoisotopic (exact) mass is 376 g/mol. The number of benzene rings is 1. The molecule has 0 N–H and O–H groups in total. The molecule has 2 aromatic rings. The number of hydrogen-bond donors (Lipinski definition) is 0. The van der Waals surface area contributed by atoms with E-state index in [9.17, 15) is 13.2 Å². The van der Waals surface area contributed by atoms with Crippen LogP contribution in [0.25, 0.3) is 5.69 Å². The van der Waals surface area contributed by atoms with Crippen LogP contribution in [-0.2, 0) is 21.1 Å². The normalized spacial score (nSPS) is 19.0. The van der Waals surface area contributed by atoms with Crippen LogP contribution in [0.1, 0.15) is 18.4 Å². The number of aryl methyl sites for hydroxylation is 1. The minimum absolute atomic E-state index is 0.0445. The second kappa shape index (κ2) is 7.59. The molecule has 0 radical (unpaired) electrons. The molecule has 0 spiro atoms. The van der Waals surface area contributed by atoms with Crippen molar-refractivity contribution in [2.24, 2.45) is 0 Å². The summed E-state index contributed by atoms with van der Waals surface area (Å²) in [6, 6.07) is 9.52. The fraction of sp³-hybridized carbons (Fsp3) is 0.444. The minimum Gasteiger partial charge on any atom is -0.273 e. The Kier molecular flexibility index (Phi) is 5.43.